The van der Waals surface area contributed by atoms with Gasteiger partial charge in [-0.3, -0.25) is 0 Å². The minimum atomic E-state index is 0.145. The van der Waals surface area contributed by atoms with E-state index in [9.17, 15) is 0 Å². The molecule has 0 radical (unpaired) electrons. The molecule has 1 atom stereocenters. The number of alkyl halides is 1. The molecule has 0 saturated heterocycles. The predicted molar refractivity (Wildman–Crippen MR) is 70.0 cm³/mol. The standard InChI is InChI=1S/C12H19ClN2O2/c1-3-17-11-5-4-8-14-12(11)15-10(6-7-13)9-16-2/h4-5,8,10H,3,6-7,9H2,1-2H3,(H,14,15). The van der Waals surface area contributed by atoms with Crippen LogP contribution < -0.4 is 10.1 Å². The van der Waals surface area contributed by atoms with E-state index in [2.05, 4.69) is 10.3 Å². The second-order valence-corrected chi connectivity index (χ2v) is 3.94. The van der Waals surface area contributed by atoms with E-state index < -0.39 is 0 Å². The van der Waals surface area contributed by atoms with Gasteiger partial charge in [0.1, 0.15) is 0 Å². The molecule has 0 amide bonds. The van der Waals surface area contributed by atoms with Crippen LogP contribution >= 0.6 is 11.6 Å². The van der Waals surface area contributed by atoms with Gasteiger partial charge in [0.05, 0.1) is 19.3 Å². The lowest BCUT2D eigenvalue weighted by Gasteiger charge is -2.19. The third-order valence-electron chi connectivity index (χ3n) is 2.24. The Hall–Kier alpha value is -1.00. The molecule has 1 unspecified atom stereocenters. The maximum atomic E-state index is 5.75. The van der Waals surface area contributed by atoms with Crippen LogP contribution in [0, 0.1) is 0 Å². The van der Waals surface area contributed by atoms with Crippen molar-refractivity contribution < 1.29 is 9.47 Å². The summed E-state index contributed by atoms with van der Waals surface area (Å²) in [6.07, 6.45) is 2.55. The first-order valence-electron chi connectivity index (χ1n) is 5.71. The predicted octanol–water partition coefficient (Wildman–Crippen LogP) is 2.54. The number of rotatable bonds is 8. The monoisotopic (exact) mass is 258 g/mol. The molecule has 1 aromatic rings. The second-order valence-electron chi connectivity index (χ2n) is 3.56. The lowest BCUT2D eigenvalue weighted by atomic mass is 10.2. The van der Waals surface area contributed by atoms with Gasteiger partial charge in [-0.15, -0.1) is 11.6 Å². The van der Waals surface area contributed by atoms with Gasteiger partial charge < -0.3 is 14.8 Å². The third kappa shape index (κ3) is 4.79. The number of nitrogens with one attached hydrogen (secondary N) is 1. The van der Waals surface area contributed by atoms with Gasteiger partial charge >= 0.3 is 0 Å². The lowest BCUT2D eigenvalue weighted by Crippen LogP contribution is -2.26. The van der Waals surface area contributed by atoms with E-state index in [1.165, 1.54) is 0 Å². The van der Waals surface area contributed by atoms with Crippen LogP contribution in [0.3, 0.4) is 0 Å². The van der Waals surface area contributed by atoms with E-state index in [4.69, 9.17) is 21.1 Å². The van der Waals surface area contributed by atoms with Crippen molar-refractivity contribution in [1.82, 2.24) is 4.98 Å². The molecular formula is C12H19ClN2O2. The maximum Gasteiger partial charge on any atom is 0.169 e. The average molecular weight is 259 g/mol. The highest BCUT2D eigenvalue weighted by atomic mass is 35.5. The zero-order valence-electron chi connectivity index (χ0n) is 10.3. The van der Waals surface area contributed by atoms with Crippen LogP contribution in [0.25, 0.3) is 0 Å². The molecule has 1 rings (SSSR count). The summed E-state index contributed by atoms with van der Waals surface area (Å²) in [5, 5.41) is 3.29. The van der Waals surface area contributed by atoms with Crippen LogP contribution in [0.15, 0.2) is 18.3 Å². The Kier molecular flexibility index (Phi) is 6.74. The SMILES string of the molecule is CCOc1cccnc1NC(CCCl)COC. The highest BCUT2D eigenvalue weighted by molar-refractivity contribution is 6.17. The summed E-state index contributed by atoms with van der Waals surface area (Å²) in [5.41, 5.74) is 0. The molecule has 0 spiro atoms. The zero-order chi connectivity index (χ0) is 12.5. The Bertz CT molecular complexity index is 317. The quantitative estimate of drug-likeness (QED) is 0.728. The summed E-state index contributed by atoms with van der Waals surface area (Å²) in [6, 6.07) is 3.89. The minimum Gasteiger partial charge on any atom is -0.490 e. The van der Waals surface area contributed by atoms with Gasteiger partial charge in [0, 0.05) is 19.2 Å². The van der Waals surface area contributed by atoms with Gasteiger partial charge in [-0.25, -0.2) is 4.98 Å². The molecule has 0 bridgehead atoms. The maximum absolute atomic E-state index is 5.75. The molecule has 0 aliphatic heterocycles. The fourth-order valence-electron chi connectivity index (χ4n) is 1.49. The number of nitrogens with zero attached hydrogens (tertiary/aromatic N) is 1. The molecule has 1 aromatic heterocycles. The van der Waals surface area contributed by atoms with E-state index in [1.807, 2.05) is 19.1 Å². The Balaban J connectivity index is 2.69. The van der Waals surface area contributed by atoms with Gasteiger partial charge in [0.15, 0.2) is 11.6 Å². The van der Waals surface area contributed by atoms with Gasteiger partial charge in [0.25, 0.3) is 0 Å². The summed E-state index contributed by atoms with van der Waals surface area (Å²) in [6.45, 7) is 3.15. The van der Waals surface area contributed by atoms with Crippen LogP contribution in [0.5, 0.6) is 5.75 Å². The molecule has 0 aromatic carbocycles. The lowest BCUT2D eigenvalue weighted by molar-refractivity contribution is 0.184. The molecule has 96 valence electrons. The highest BCUT2D eigenvalue weighted by Crippen LogP contribution is 2.22. The Morgan fingerprint density at radius 3 is 3.00 bits per heavy atom. The normalized spacial score (nSPS) is 12.2. The highest BCUT2D eigenvalue weighted by Gasteiger charge is 2.11. The van der Waals surface area contributed by atoms with Crippen LogP contribution in [0.1, 0.15) is 13.3 Å². The van der Waals surface area contributed by atoms with Crippen LogP contribution in [0.4, 0.5) is 5.82 Å². The summed E-state index contributed by atoms with van der Waals surface area (Å²) in [4.78, 5) is 4.27. The van der Waals surface area contributed by atoms with Crippen molar-refractivity contribution in [2.45, 2.75) is 19.4 Å². The van der Waals surface area contributed by atoms with Crippen molar-refractivity contribution in [1.29, 1.82) is 0 Å². The van der Waals surface area contributed by atoms with Gasteiger partial charge in [0.2, 0.25) is 0 Å². The molecule has 1 N–H and O–H groups in total. The molecule has 4 nitrogen and oxygen atoms in total. The molecule has 0 fully saturated rings. The number of anilines is 1. The smallest absolute Gasteiger partial charge is 0.169 e. The molecule has 0 aliphatic carbocycles. The van der Waals surface area contributed by atoms with Gasteiger partial charge in [-0.05, 0) is 25.5 Å². The van der Waals surface area contributed by atoms with Crippen molar-refractivity contribution in [3.05, 3.63) is 18.3 Å². The Morgan fingerprint density at radius 1 is 1.53 bits per heavy atom. The number of pyridine rings is 1. The number of methoxy groups -OCH3 is 1. The summed E-state index contributed by atoms with van der Waals surface area (Å²) in [5.74, 6) is 2.07. The van der Waals surface area contributed by atoms with E-state index in [0.29, 0.717) is 19.1 Å². The zero-order valence-corrected chi connectivity index (χ0v) is 11.0. The largest absolute Gasteiger partial charge is 0.490 e. The Morgan fingerprint density at radius 2 is 2.35 bits per heavy atom. The van der Waals surface area contributed by atoms with Crippen LogP contribution in [-0.2, 0) is 4.74 Å². The van der Waals surface area contributed by atoms with Crippen LogP contribution in [0.2, 0.25) is 0 Å². The number of ether oxygens (including phenoxy) is 2. The van der Waals surface area contributed by atoms with E-state index in [-0.39, 0.29) is 6.04 Å². The molecule has 0 saturated carbocycles. The summed E-state index contributed by atoms with van der Waals surface area (Å²) >= 11 is 5.75. The second kappa shape index (κ2) is 8.14. The summed E-state index contributed by atoms with van der Waals surface area (Å²) < 4.78 is 10.6. The number of aromatic nitrogens is 1. The van der Waals surface area contributed by atoms with Crippen molar-refractivity contribution >= 4 is 17.4 Å². The van der Waals surface area contributed by atoms with Crippen molar-refractivity contribution in [2.75, 3.05) is 31.5 Å². The van der Waals surface area contributed by atoms with E-state index in [1.54, 1.807) is 13.3 Å². The fraction of sp³-hybridized carbons (Fsp3) is 0.583. The third-order valence-corrected chi connectivity index (χ3v) is 2.46. The fourth-order valence-corrected chi connectivity index (χ4v) is 1.76. The molecule has 1 heterocycles. The molecule has 5 heteroatoms. The number of halogens is 1. The van der Waals surface area contributed by atoms with Crippen molar-refractivity contribution in [2.24, 2.45) is 0 Å². The average Bonchev–Trinajstić information content (AvgIpc) is 2.33. The number of hydrogen-bond acceptors (Lipinski definition) is 4. The molecule has 17 heavy (non-hydrogen) atoms. The van der Waals surface area contributed by atoms with Crippen molar-refractivity contribution in [3.63, 3.8) is 0 Å². The summed E-state index contributed by atoms with van der Waals surface area (Å²) in [7, 11) is 1.67. The first-order chi connectivity index (χ1) is 8.31. The van der Waals surface area contributed by atoms with Crippen LogP contribution in [-0.4, -0.2) is 37.2 Å². The molecular weight excluding hydrogens is 240 g/mol. The topological polar surface area (TPSA) is 43.4 Å². The first-order valence-corrected chi connectivity index (χ1v) is 6.24. The minimum absolute atomic E-state index is 0.145. The Labute approximate surface area is 107 Å². The first kappa shape index (κ1) is 14.1. The van der Waals surface area contributed by atoms with E-state index >= 15 is 0 Å². The van der Waals surface area contributed by atoms with Crippen molar-refractivity contribution in [3.8, 4) is 5.75 Å². The number of hydrogen-bond donors (Lipinski definition) is 1. The van der Waals surface area contributed by atoms with Gasteiger partial charge in [-0.2, -0.15) is 0 Å². The van der Waals surface area contributed by atoms with Gasteiger partial charge in [-0.1, -0.05) is 0 Å². The van der Waals surface area contributed by atoms with E-state index in [0.717, 1.165) is 18.0 Å². The molecule has 0 aliphatic rings.